The lowest BCUT2D eigenvalue weighted by Crippen LogP contribution is -2.16. The number of hydrogen-bond donors (Lipinski definition) is 0. The fraction of sp³-hybridized carbons (Fsp3) is 0.0380. The summed E-state index contributed by atoms with van der Waals surface area (Å²) in [5.74, 6) is 0. The summed E-state index contributed by atoms with van der Waals surface area (Å²) in [5, 5.41) is 12.6. The molecule has 0 bridgehead atoms. The molecule has 15 aromatic rings. The molecule has 1 heterocycles. The molecule has 1 aliphatic carbocycles. The summed E-state index contributed by atoms with van der Waals surface area (Å²) in [4.78, 5) is 2.42. The Labute approximate surface area is 471 Å². The van der Waals surface area contributed by atoms with E-state index in [1.165, 1.54) is 121 Å². The van der Waals surface area contributed by atoms with Gasteiger partial charge in [-0.1, -0.05) is 226 Å². The molecule has 0 saturated carbocycles. The van der Waals surface area contributed by atoms with Gasteiger partial charge in [0, 0.05) is 38.8 Å². The smallest absolute Gasteiger partial charge is 0.0541 e. The zero-order valence-electron chi connectivity index (χ0n) is 45.1. The average Bonchev–Trinajstić information content (AvgIpc) is 4.18. The maximum absolute atomic E-state index is 2.50. The zero-order chi connectivity index (χ0) is 53.8. The van der Waals surface area contributed by atoms with Gasteiger partial charge in [0.2, 0.25) is 0 Å². The SMILES string of the molecule is CC1(C)c2ccccc2-c2ccc(N(c3ccc(-c4ccccc4)cc3)c3ccc(-c4ccc5c(c4)c4cc(-c6ccc7ccccc7c6)ccc4n5-c4ccccc4-c4ccc5c6ccccc6c6ccccc6c5c4)cc3)cc21. The van der Waals surface area contributed by atoms with Crippen molar-refractivity contribution in [2.75, 3.05) is 4.90 Å². The molecule has 1 aliphatic rings. The molecule has 2 nitrogen and oxygen atoms in total. The molecule has 0 spiro atoms. The molecule has 0 N–H and O–H groups in total. The largest absolute Gasteiger partial charge is 0.310 e. The Hall–Kier alpha value is -10.3. The van der Waals surface area contributed by atoms with Crippen LogP contribution in [0, 0.1) is 0 Å². The van der Waals surface area contributed by atoms with Gasteiger partial charge in [-0.3, -0.25) is 0 Å². The van der Waals surface area contributed by atoms with Crippen LogP contribution in [0.15, 0.2) is 291 Å². The van der Waals surface area contributed by atoms with Crippen molar-refractivity contribution in [2.24, 2.45) is 0 Å². The van der Waals surface area contributed by atoms with Crippen LogP contribution in [-0.2, 0) is 5.41 Å². The first-order valence-electron chi connectivity index (χ1n) is 28.2. The lowest BCUT2D eigenvalue weighted by molar-refractivity contribution is 0.660. The van der Waals surface area contributed by atoms with Crippen molar-refractivity contribution in [3.63, 3.8) is 0 Å². The summed E-state index contributed by atoms with van der Waals surface area (Å²) in [6, 6.07) is 108. The van der Waals surface area contributed by atoms with Gasteiger partial charge in [-0.05, 0) is 183 Å². The van der Waals surface area contributed by atoms with Crippen LogP contribution in [0.25, 0.3) is 126 Å². The van der Waals surface area contributed by atoms with Crippen molar-refractivity contribution < 1.29 is 0 Å². The molecule has 0 fully saturated rings. The number of hydrogen-bond acceptors (Lipinski definition) is 1. The predicted octanol–water partition coefficient (Wildman–Crippen LogP) is 21.8. The van der Waals surface area contributed by atoms with Gasteiger partial charge in [0.1, 0.15) is 0 Å². The van der Waals surface area contributed by atoms with E-state index >= 15 is 0 Å². The zero-order valence-corrected chi connectivity index (χ0v) is 45.1. The molecule has 81 heavy (non-hydrogen) atoms. The third-order valence-electron chi connectivity index (χ3n) is 17.6. The van der Waals surface area contributed by atoms with E-state index < -0.39 is 0 Å². The molecule has 0 unspecified atom stereocenters. The maximum Gasteiger partial charge on any atom is 0.0541 e. The van der Waals surface area contributed by atoms with E-state index in [0.29, 0.717) is 0 Å². The second-order valence-corrected chi connectivity index (χ2v) is 22.4. The third-order valence-corrected chi connectivity index (χ3v) is 17.6. The standard InChI is InChI=1S/C79H54N2/c1-79(2)74-26-14-12-25-69(74)70-43-41-62(50-75(70)79)80(60-37-30-53(31-38-60)51-16-4-3-5-17-51)61-39-32-54(33-40-61)57-35-44-77-72(47-57)73-48-58(56-29-28-52-18-6-7-19-55(52)46-56)36-45-78(73)81(77)76-27-15-13-20-63(76)59-34-42-68-66-23-9-8-21-64(66)65-22-10-11-24-67(65)71(68)49-59/h3-50H,1-2H3. The average molecular weight is 1030 g/mol. The van der Waals surface area contributed by atoms with Gasteiger partial charge >= 0.3 is 0 Å². The van der Waals surface area contributed by atoms with E-state index in [2.05, 4.69) is 315 Å². The number of fused-ring (bicyclic) bond motifs is 13. The fourth-order valence-corrected chi connectivity index (χ4v) is 13.5. The lowest BCUT2D eigenvalue weighted by atomic mass is 9.82. The van der Waals surface area contributed by atoms with E-state index in [1.807, 2.05) is 0 Å². The van der Waals surface area contributed by atoms with Crippen molar-refractivity contribution >= 4 is 82.0 Å². The molecular weight excluding hydrogens is 977 g/mol. The first kappa shape index (κ1) is 46.8. The quantitative estimate of drug-likeness (QED) is 0.138. The number of aromatic nitrogens is 1. The van der Waals surface area contributed by atoms with Crippen LogP contribution < -0.4 is 4.90 Å². The van der Waals surface area contributed by atoms with E-state index in [-0.39, 0.29) is 5.41 Å². The van der Waals surface area contributed by atoms with Gasteiger partial charge in [0.15, 0.2) is 0 Å². The summed E-state index contributed by atoms with van der Waals surface area (Å²) in [5.41, 5.74) is 21.6. The van der Waals surface area contributed by atoms with Crippen LogP contribution >= 0.6 is 0 Å². The topological polar surface area (TPSA) is 8.17 Å². The van der Waals surface area contributed by atoms with Gasteiger partial charge in [-0.15, -0.1) is 0 Å². The van der Waals surface area contributed by atoms with Crippen LogP contribution in [0.1, 0.15) is 25.0 Å². The summed E-state index contributed by atoms with van der Waals surface area (Å²) >= 11 is 0. The van der Waals surface area contributed by atoms with E-state index in [4.69, 9.17) is 0 Å². The molecule has 16 rings (SSSR count). The monoisotopic (exact) mass is 1030 g/mol. The van der Waals surface area contributed by atoms with E-state index in [1.54, 1.807) is 0 Å². The highest BCUT2D eigenvalue weighted by molar-refractivity contribution is 6.26. The molecule has 2 heteroatoms. The maximum atomic E-state index is 2.50. The Morgan fingerprint density at radius 1 is 0.259 bits per heavy atom. The van der Waals surface area contributed by atoms with Crippen LogP contribution in [0.2, 0.25) is 0 Å². The second kappa shape index (κ2) is 18.4. The fourth-order valence-electron chi connectivity index (χ4n) is 13.5. The first-order chi connectivity index (χ1) is 39.9. The van der Waals surface area contributed by atoms with Gasteiger partial charge < -0.3 is 9.47 Å². The van der Waals surface area contributed by atoms with Gasteiger partial charge in [0.25, 0.3) is 0 Å². The van der Waals surface area contributed by atoms with Gasteiger partial charge in [-0.25, -0.2) is 0 Å². The van der Waals surface area contributed by atoms with E-state index in [0.717, 1.165) is 33.8 Å². The molecule has 0 saturated heterocycles. The molecule has 1 aromatic heterocycles. The molecule has 0 atom stereocenters. The highest BCUT2D eigenvalue weighted by Crippen LogP contribution is 2.51. The van der Waals surface area contributed by atoms with Crippen molar-refractivity contribution in [2.45, 2.75) is 19.3 Å². The van der Waals surface area contributed by atoms with Crippen LogP contribution in [0.5, 0.6) is 0 Å². The molecule has 0 amide bonds. The first-order valence-corrected chi connectivity index (χ1v) is 28.2. The number of benzene rings is 14. The minimum atomic E-state index is -0.129. The summed E-state index contributed by atoms with van der Waals surface area (Å²) in [6.45, 7) is 4.72. The number of anilines is 3. The molecular formula is C79H54N2. The van der Waals surface area contributed by atoms with Crippen molar-refractivity contribution in [1.29, 1.82) is 0 Å². The van der Waals surface area contributed by atoms with Gasteiger partial charge in [-0.2, -0.15) is 0 Å². The number of nitrogens with zero attached hydrogens (tertiary/aromatic N) is 2. The normalized spacial score (nSPS) is 12.7. The number of rotatable bonds is 8. The Morgan fingerprint density at radius 2 is 0.704 bits per heavy atom. The third kappa shape index (κ3) is 7.56. The minimum absolute atomic E-state index is 0.129. The van der Waals surface area contributed by atoms with Crippen molar-refractivity contribution in [1.82, 2.24) is 4.57 Å². The minimum Gasteiger partial charge on any atom is -0.310 e. The Bertz CT molecular complexity index is 4970. The molecule has 0 radical (unpaired) electrons. The highest BCUT2D eigenvalue weighted by atomic mass is 15.1. The summed E-state index contributed by atoms with van der Waals surface area (Å²) in [6.07, 6.45) is 0. The molecule has 14 aromatic carbocycles. The van der Waals surface area contributed by atoms with E-state index in [9.17, 15) is 0 Å². The van der Waals surface area contributed by atoms with Crippen LogP contribution in [-0.4, -0.2) is 4.57 Å². The number of para-hydroxylation sites is 1. The molecule has 380 valence electrons. The second-order valence-electron chi connectivity index (χ2n) is 22.4. The Morgan fingerprint density at radius 3 is 1.38 bits per heavy atom. The predicted molar refractivity (Wildman–Crippen MR) is 345 cm³/mol. The Kier molecular flexibility index (Phi) is 10.6. The van der Waals surface area contributed by atoms with Gasteiger partial charge in [0.05, 0.1) is 16.7 Å². The van der Waals surface area contributed by atoms with Crippen LogP contribution in [0.3, 0.4) is 0 Å². The van der Waals surface area contributed by atoms with Crippen LogP contribution in [0.4, 0.5) is 17.1 Å². The lowest BCUT2D eigenvalue weighted by Gasteiger charge is -2.28. The van der Waals surface area contributed by atoms with Crippen molar-refractivity contribution in [3.8, 4) is 61.3 Å². The molecule has 0 aliphatic heterocycles. The Balaban J connectivity index is 0.840. The van der Waals surface area contributed by atoms with Crippen molar-refractivity contribution in [3.05, 3.63) is 302 Å². The summed E-state index contributed by atoms with van der Waals surface area (Å²) < 4.78 is 2.50. The summed E-state index contributed by atoms with van der Waals surface area (Å²) in [7, 11) is 0. The highest BCUT2D eigenvalue weighted by Gasteiger charge is 2.36.